The van der Waals surface area contributed by atoms with E-state index in [2.05, 4.69) is 27.5 Å². The minimum atomic E-state index is -0.0437. The predicted molar refractivity (Wildman–Crippen MR) is 108 cm³/mol. The number of thiophene rings is 1. The molecule has 0 radical (unpaired) electrons. The van der Waals surface area contributed by atoms with Crippen LogP contribution in [-0.2, 0) is 13.0 Å². The molecule has 0 spiro atoms. The number of nitrogens with zero attached hydrogens (tertiary/aromatic N) is 3. The summed E-state index contributed by atoms with van der Waals surface area (Å²) in [5.74, 6) is -0.0437. The van der Waals surface area contributed by atoms with Crippen molar-refractivity contribution < 1.29 is 4.79 Å². The van der Waals surface area contributed by atoms with Crippen LogP contribution in [0.5, 0.6) is 0 Å². The molecule has 136 valence electrons. The number of aryl methyl sites for hydroxylation is 1. The fourth-order valence-corrected chi connectivity index (χ4v) is 4.10. The number of carbonyl (C=O) groups excluding carboxylic acids is 1. The van der Waals surface area contributed by atoms with Crippen molar-refractivity contribution in [2.24, 2.45) is 0 Å². The van der Waals surface area contributed by atoms with E-state index in [1.165, 1.54) is 16.9 Å². The van der Waals surface area contributed by atoms with Gasteiger partial charge in [-0.25, -0.2) is 0 Å². The molecular weight excluding hydrogens is 356 g/mol. The highest BCUT2D eigenvalue weighted by molar-refractivity contribution is 7.20. The van der Waals surface area contributed by atoms with Crippen molar-refractivity contribution in [1.82, 2.24) is 20.1 Å². The molecule has 3 aromatic heterocycles. The van der Waals surface area contributed by atoms with Crippen LogP contribution < -0.4 is 5.32 Å². The summed E-state index contributed by atoms with van der Waals surface area (Å²) in [6, 6.07) is 18.0. The number of benzene rings is 1. The molecule has 0 aliphatic rings. The van der Waals surface area contributed by atoms with Crippen molar-refractivity contribution in [1.29, 1.82) is 0 Å². The summed E-state index contributed by atoms with van der Waals surface area (Å²) in [4.78, 5) is 18.6. The maximum absolute atomic E-state index is 12.5. The van der Waals surface area contributed by atoms with Crippen LogP contribution in [-0.4, -0.2) is 27.2 Å². The molecule has 5 nitrogen and oxygen atoms in total. The Kier molecular flexibility index (Phi) is 4.98. The highest BCUT2D eigenvalue weighted by Crippen LogP contribution is 2.28. The molecule has 4 rings (SSSR count). The second kappa shape index (κ2) is 7.72. The number of nitrogens with one attached hydrogen (secondary N) is 1. The summed E-state index contributed by atoms with van der Waals surface area (Å²) in [6.45, 7) is 3.25. The van der Waals surface area contributed by atoms with E-state index in [9.17, 15) is 4.79 Å². The Morgan fingerprint density at radius 1 is 1.15 bits per heavy atom. The lowest BCUT2D eigenvalue weighted by molar-refractivity contribution is 0.0958. The van der Waals surface area contributed by atoms with E-state index in [4.69, 9.17) is 0 Å². The van der Waals surface area contributed by atoms with Crippen molar-refractivity contribution >= 4 is 27.5 Å². The summed E-state index contributed by atoms with van der Waals surface area (Å²) >= 11 is 1.49. The Bertz CT molecular complexity index is 1050. The van der Waals surface area contributed by atoms with E-state index in [0.717, 1.165) is 28.0 Å². The lowest BCUT2D eigenvalue weighted by Gasteiger charge is -2.04. The summed E-state index contributed by atoms with van der Waals surface area (Å²) in [5.41, 5.74) is 3.12. The third kappa shape index (κ3) is 3.90. The van der Waals surface area contributed by atoms with Crippen molar-refractivity contribution in [3.63, 3.8) is 0 Å². The van der Waals surface area contributed by atoms with Crippen LogP contribution in [0, 0.1) is 6.92 Å². The number of carbonyl (C=O) groups is 1. The van der Waals surface area contributed by atoms with Gasteiger partial charge >= 0.3 is 0 Å². The van der Waals surface area contributed by atoms with Gasteiger partial charge in [-0.3, -0.25) is 14.5 Å². The van der Waals surface area contributed by atoms with Gasteiger partial charge in [-0.1, -0.05) is 36.4 Å². The number of hydrogen-bond donors (Lipinski definition) is 1. The lowest BCUT2D eigenvalue weighted by atomic mass is 10.2. The molecular formula is C21H20N4OS. The number of amides is 1. The SMILES string of the molecule is Cc1nn(Cc2ccccc2)c2sc(C(=O)NCCc3ccccn3)cc12. The molecule has 0 atom stereocenters. The van der Waals surface area contributed by atoms with Crippen LogP contribution in [0.4, 0.5) is 0 Å². The van der Waals surface area contributed by atoms with Crippen LogP contribution >= 0.6 is 11.3 Å². The summed E-state index contributed by atoms with van der Waals surface area (Å²) < 4.78 is 1.98. The van der Waals surface area contributed by atoms with E-state index < -0.39 is 0 Å². The zero-order valence-corrected chi connectivity index (χ0v) is 15.9. The Morgan fingerprint density at radius 3 is 2.74 bits per heavy atom. The molecule has 3 heterocycles. The monoisotopic (exact) mass is 376 g/mol. The quantitative estimate of drug-likeness (QED) is 0.556. The van der Waals surface area contributed by atoms with Crippen molar-refractivity contribution in [2.75, 3.05) is 6.54 Å². The zero-order valence-electron chi connectivity index (χ0n) is 15.1. The second-order valence-electron chi connectivity index (χ2n) is 6.39. The Balaban J connectivity index is 1.48. The average Bonchev–Trinajstić information content (AvgIpc) is 3.25. The fraction of sp³-hybridized carbons (Fsp3) is 0.190. The maximum atomic E-state index is 12.5. The number of hydrogen-bond acceptors (Lipinski definition) is 4. The number of fused-ring (bicyclic) bond motifs is 1. The molecule has 1 amide bonds. The van der Waals surface area contributed by atoms with Crippen LogP contribution in [0.1, 0.15) is 26.6 Å². The number of aromatic nitrogens is 3. The topological polar surface area (TPSA) is 59.8 Å². The minimum Gasteiger partial charge on any atom is -0.351 e. The summed E-state index contributed by atoms with van der Waals surface area (Å²) in [5, 5.41) is 8.67. The van der Waals surface area contributed by atoms with Crippen molar-refractivity contribution in [2.45, 2.75) is 19.9 Å². The van der Waals surface area contributed by atoms with Gasteiger partial charge in [0.05, 0.1) is 17.1 Å². The first-order valence-corrected chi connectivity index (χ1v) is 9.71. The minimum absolute atomic E-state index is 0.0437. The molecule has 1 N–H and O–H groups in total. The number of pyridine rings is 1. The van der Waals surface area contributed by atoms with Gasteiger partial charge in [0.25, 0.3) is 5.91 Å². The number of rotatable bonds is 6. The van der Waals surface area contributed by atoms with Gasteiger partial charge in [0.2, 0.25) is 0 Å². The maximum Gasteiger partial charge on any atom is 0.261 e. The largest absolute Gasteiger partial charge is 0.351 e. The van der Waals surface area contributed by atoms with Gasteiger partial charge in [-0.15, -0.1) is 11.3 Å². The van der Waals surface area contributed by atoms with E-state index in [1.807, 2.05) is 54.1 Å². The van der Waals surface area contributed by atoms with Crippen LogP contribution in [0.3, 0.4) is 0 Å². The Hall–Kier alpha value is -2.99. The van der Waals surface area contributed by atoms with E-state index in [1.54, 1.807) is 6.20 Å². The van der Waals surface area contributed by atoms with Gasteiger partial charge in [-0.2, -0.15) is 5.10 Å². The third-order valence-corrected chi connectivity index (χ3v) is 5.55. The summed E-state index contributed by atoms with van der Waals surface area (Å²) in [6.07, 6.45) is 2.49. The fourth-order valence-electron chi connectivity index (χ4n) is 3.03. The standard InChI is InChI=1S/C21H20N4OS/c1-15-18-13-19(20(26)23-12-10-17-9-5-6-11-22-17)27-21(18)25(24-15)14-16-7-3-2-4-8-16/h2-9,11,13H,10,12,14H2,1H3,(H,23,26). The predicted octanol–water partition coefficient (Wildman–Crippen LogP) is 3.82. The molecule has 1 aromatic carbocycles. The first kappa shape index (κ1) is 17.4. The summed E-state index contributed by atoms with van der Waals surface area (Å²) in [7, 11) is 0. The van der Waals surface area contributed by atoms with Crippen LogP contribution in [0.15, 0.2) is 60.8 Å². The molecule has 0 aliphatic carbocycles. The normalized spacial score (nSPS) is 11.0. The van der Waals surface area contributed by atoms with Crippen molar-refractivity contribution in [3.05, 3.63) is 82.6 Å². The van der Waals surface area contributed by atoms with E-state index in [-0.39, 0.29) is 5.91 Å². The Labute approximate surface area is 161 Å². The van der Waals surface area contributed by atoms with Gasteiger partial charge in [0, 0.05) is 30.2 Å². The van der Waals surface area contributed by atoms with Crippen LogP contribution in [0.2, 0.25) is 0 Å². The van der Waals surface area contributed by atoms with Gasteiger partial charge < -0.3 is 5.32 Å². The van der Waals surface area contributed by atoms with Crippen molar-refractivity contribution in [3.8, 4) is 0 Å². The molecule has 6 heteroatoms. The smallest absolute Gasteiger partial charge is 0.261 e. The molecule has 27 heavy (non-hydrogen) atoms. The van der Waals surface area contributed by atoms with Gasteiger partial charge in [0.1, 0.15) is 4.83 Å². The molecule has 0 fully saturated rings. The van der Waals surface area contributed by atoms with Gasteiger partial charge in [0.15, 0.2) is 0 Å². The second-order valence-corrected chi connectivity index (χ2v) is 7.42. The highest BCUT2D eigenvalue weighted by atomic mass is 32.1. The Morgan fingerprint density at radius 2 is 1.96 bits per heavy atom. The molecule has 0 saturated heterocycles. The first-order chi connectivity index (χ1) is 13.2. The molecule has 4 aromatic rings. The third-order valence-electron chi connectivity index (χ3n) is 4.40. The molecule has 0 unspecified atom stereocenters. The van der Waals surface area contributed by atoms with E-state index >= 15 is 0 Å². The molecule has 0 aliphatic heterocycles. The van der Waals surface area contributed by atoms with E-state index in [0.29, 0.717) is 18.0 Å². The average molecular weight is 376 g/mol. The van der Waals surface area contributed by atoms with Crippen LogP contribution in [0.25, 0.3) is 10.2 Å². The molecule has 0 bridgehead atoms. The lowest BCUT2D eigenvalue weighted by Crippen LogP contribution is -2.25. The molecule has 0 saturated carbocycles. The first-order valence-electron chi connectivity index (χ1n) is 8.89. The van der Waals surface area contributed by atoms with Gasteiger partial charge in [-0.05, 0) is 30.7 Å². The highest BCUT2D eigenvalue weighted by Gasteiger charge is 2.16. The zero-order chi connectivity index (χ0) is 18.6.